The zero-order valence-corrected chi connectivity index (χ0v) is 12.4. The molecule has 0 saturated heterocycles. The first-order chi connectivity index (χ1) is 10.1. The van der Waals surface area contributed by atoms with Gasteiger partial charge >= 0.3 is 5.97 Å². The average molecular weight is 301 g/mol. The van der Waals surface area contributed by atoms with Gasteiger partial charge in [0.2, 0.25) is 0 Å². The summed E-state index contributed by atoms with van der Waals surface area (Å²) in [6, 6.07) is 9.75. The van der Waals surface area contributed by atoms with Crippen LogP contribution in [0.2, 0.25) is 0 Å². The van der Waals surface area contributed by atoms with E-state index in [1.165, 1.54) is 11.3 Å². The summed E-state index contributed by atoms with van der Waals surface area (Å²) in [6.45, 7) is 1.32. The number of carboxylic acids is 1. The molecule has 5 heteroatoms. The van der Waals surface area contributed by atoms with Crippen molar-refractivity contribution in [2.45, 2.75) is 13.1 Å². The van der Waals surface area contributed by atoms with Crippen LogP contribution in [0.1, 0.15) is 20.8 Å². The maximum Gasteiger partial charge on any atom is 0.346 e. The van der Waals surface area contributed by atoms with Gasteiger partial charge in [0.05, 0.1) is 12.5 Å². The zero-order chi connectivity index (χ0) is 14.8. The Morgan fingerprint density at radius 1 is 1.29 bits per heavy atom. The normalized spacial score (nSPS) is 11.3. The molecule has 1 aromatic carbocycles. The highest BCUT2D eigenvalue weighted by atomic mass is 32.1. The van der Waals surface area contributed by atoms with Gasteiger partial charge in [0.1, 0.15) is 4.88 Å². The van der Waals surface area contributed by atoms with Crippen LogP contribution in [0.5, 0.6) is 0 Å². The fourth-order valence-electron chi connectivity index (χ4n) is 2.45. The molecule has 3 aromatic rings. The molecule has 1 N–H and O–H groups in total. The summed E-state index contributed by atoms with van der Waals surface area (Å²) >= 11 is 1.34. The Kier molecular flexibility index (Phi) is 3.77. The molecule has 0 unspecified atom stereocenters. The lowest BCUT2D eigenvalue weighted by Gasteiger charge is -2.15. The van der Waals surface area contributed by atoms with E-state index in [4.69, 9.17) is 4.42 Å². The highest BCUT2D eigenvalue weighted by molar-refractivity contribution is 7.21. The van der Waals surface area contributed by atoms with E-state index in [1.807, 2.05) is 37.4 Å². The molecule has 0 fully saturated rings. The second-order valence-electron chi connectivity index (χ2n) is 5.01. The molecule has 2 heterocycles. The molecule has 0 amide bonds. The van der Waals surface area contributed by atoms with Crippen molar-refractivity contribution in [1.29, 1.82) is 0 Å². The molecule has 0 aliphatic rings. The predicted molar refractivity (Wildman–Crippen MR) is 82.7 cm³/mol. The van der Waals surface area contributed by atoms with E-state index < -0.39 is 5.97 Å². The summed E-state index contributed by atoms with van der Waals surface area (Å²) in [5.74, 6) is -0.858. The highest BCUT2D eigenvalue weighted by Crippen LogP contribution is 2.32. The number of furan rings is 1. The van der Waals surface area contributed by atoms with Gasteiger partial charge in [0.15, 0.2) is 0 Å². The van der Waals surface area contributed by atoms with Gasteiger partial charge in [-0.2, -0.15) is 0 Å². The Morgan fingerprint density at radius 2 is 2.10 bits per heavy atom. The number of aromatic carboxylic acids is 1. The minimum absolute atomic E-state index is 0.426. The molecule has 0 spiro atoms. The second kappa shape index (κ2) is 5.71. The van der Waals surface area contributed by atoms with Crippen LogP contribution in [0.15, 0.2) is 47.3 Å². The van der Waals surface area contributed by atoms with Gasteiger partial charge in [-0.25, -0.2) is 4.79 Å². The number of hydrogen-bond donors (Lipinski definition) is 1. The number of benzene rings is 1. The van der Waals surface area contributed by atoms with Crippen molar-refractivity contribution < 1.29 is 14.3 Å². The molecule has 0 saturated carbocycles. The number of carbonyl (C=O) groups is 1. The minimum atomic E-state index is -0.858. The molecule has 0 bridgehead atoms. The lowest BCUT2D eigenvalue weighted by molar-refractivity contribution is 0.0700. The standard InChI is InChI=1S/C16H15NO3S/c1-17(8-11-6-7-20-10-11)9-13-12-4-2-3-5-14(12)21-15(13)16(18)19/h2-7,10H,8-9H2,1H3,(H,18,19). The maximum atomic E-state index is 11.5. The zero-order valence-electron chi connectivity index (χ0n) is 11.6. The van der Waals surface area contributed by atoms with E-state index in [-0.39, 0.29) is 0 Å². The van der Waals surface area contributed by atoms with Crippen LogP contribution >= 0.6 is 11.3 Å². The van der Waals surface area contributed by atoms with Crippen LogP contribution in [-0.2, 0) is 13.1 Å². The Bertz CT molecular complexity index is 761. The van der Waals surface area contributed by atoms with Crippen molar-refractivity contribution in [3.63, 3.8) is 0 Å². The van der Waals surface area contributed by atoms with E-state index in [1.54, 1.807) is 12.5 Å². The van der Waals surface area contributed by atoms with Gasteiger partial charge in [0.25, 0.3) is 0 Å². The fraction of sp³-hybridized carbons (Fsp3) is 0.188. The first-order valence-corrected chi connectivity index (χ1v) is 7.40. The third kappa shape index (κ3) is 2.84. The molecular weight excluding hydrogens is 286 g/mol. The topological polar surface area (TPSA) is 53.7 Å². The first kappa shape index (κ1) is 13.9. The summed E-state index contributed by atoms with van der Waals surface area (Å²) in [7, 11) is 1.98. The number of fused-ring (bicyclic) bond motifs is 1. The van der Waals surface area contributed by atoms with Crippen LogP contribution in [0.3, 0.4) is 0 Å². The summed E-state index contributed by atoms with van der Waals surface area (Å²) in [4.78, 5) is 14.0. The largest absolute Gasteiger partial charge is 0.477 e. The molecular formula is C16H15NO3S. The summed E-state index contributed by atoms with van der Waals surface area (Å²) < 4.78 is 6.08. The van der Waals surface area contributed by atoms with Gasteiger partial charge < -0.3 is 9.52 Å². The molecule has 0 aliphatic heterocycles. The summed E-state index contributed by atoms with van der Waals surface area (Å²) in [5.41, 5.74) is 1.96. The molecule has 0 atom stereocenters. The monoisotopic (exact) mass is 301 g/mol. The van der Waals surface area contributed by atoms with Crippen LogP contribution < -0.4 is 0 Å². The number of carboxylic acid groups (broad SMARTS) is 1. The minimum Gasteiger partial charge on any atom is -0.477 e. The van der Waals surface area contributed by atoms with Gasteiger partial charge in [0, 0.05) is 23.4 Å². The summed E-state index contributed by atoms with van der Waals surface area (Å²) in [5, 5.41) is 10.4. The lowest BCUT2D eigenvalue weighted by Crippen LogP contribution is -2.18. The molecule has 108 valence electrons. The molecule has 0 aliphatic carbocycles. The quantitative estimate of drug-likeness (QED) is 0.778. The molecule has 3 rings (SSSR count). The highest BCUT2D eigenvalue weighted by Gasteiger charge is 2.18. The van der Waals surface area contributed by atoms with Gasteiger partial charge in [-0.05, 0) is 30.1 Å². The Hall–Kier alpha value is -2.11. The molecule has 4 nitrogen and oxygen atoms in total. The number of rotatable bonds is 5. The van der Waals surface area contributed by atoms with Crippen molar-refractivity contribution in [3.8, 4) is 0 Å². The molecule has 0 radical (unpaired) electrons. The Labute approximate surface area is 126 Å². The van der Waals surface area contributed by atoms with E-state index in [2.05, 4.69) is 4.90 Å². The number of thiophene rings is 1. The SMILES string of the molecule is CN(Cc1ccoc1)Cc1c(C(=O)O)sc2ccccc12. The fourth-order valence-corrected chi connectivity index (χ4v) is 3.50. The molecule has 2 aromatic heterocycles. The van der Waals surface area contributed by atoms with Crippen LogP contribution in [0.25, 0.3) is 10.1 Å². The van der Waals surface area contributed by atoms with Gasteiger partial charge in [-0.15, -0.1) is 11.3 Å². The third-order valence-corrected chi connectivity index (χ3v) is 4.55. The predicted octanol–water partition coefficient (Wildman–Crippen LogP) is 3.82. The third-order valence-electron chi connectivity index (χ3n) is 3.35. The van der Waals surface area contributed by atoms with E-state index in [0.29, 0.717) is 11.4 Å². The second-order valence-corrected chi connectivity index (χ2v) is 6.07. The molecule has 21 heavy (non-hydrogen) atoms. The van der Waals surface area contributed by atoms with Crippen molar-refractivity contribution in [3.05, 3.63) is 58.9 Å². The van der Waals surface area contributed by atoms with Crippen molar-refractivity contribution in [2.24, 2.45) is 0 Å². The number of hydrogen-bond acceptors (Lipinski definition) is 4. The maximum absolute atomic E-state index is 11.5. The number of nitrogens with zero attached hydrogens (tertiary/aromatic N) is 1. The van der Waals surface area contributed by atoms with Crippen LogP contribution in [0.4, 0.5) is 0 Å². The van der Waals surface area contributed by atoms with Crippen molar-refractivity contribution in [1.82, 2.24) is 4.90 Å². The van der Waals surface area contributed by atoms with Crippen molar-refractivity contribution in [2.75, 3.05) is 7.05 Å². The van der Waals surface area contributed by atoms with E-state index in [9.17, 15) is 9.90 Å². The van der Waals surface area contributed by atoms with E-state index in [0.717, 1.165) is 27.8 Å². The first-order valence-electron chi connectivity index (χ1n) is 6.58. The average Bonchev–Trinajstić information content (AvgIpc) is 3.07. The summed E-state index contributed by atoms with van der Waals surface area (Å²) in [6.07, 6.45) is 3.35. The van der Waals surface area contributed by atoms with E-state index >= 15 is 0 Å². The van der Waals surface area contributed by atoms with Gasteiger partial charge in [-0.1, -0.05) is 18.2 Å². The Morgan fingerprint density at radius 3 is 2.81 bits per heavy atom. The lowest BCUT2D eigenvalue weighted by atomic mass is 10.1. The van der Waals surface area contributed by atoms with Crippen LogP contribution in [0, 0.1) is 0 Å². The van der Waals surface area contributed by atoms with Crippen LogP contribution in [-0.4, -0.2) is 23.0 Å². The van der Waals surface area contributed by atoms with Crippen molar-refractivity contribution >= 4 is 27.4 Å². The smallest absolute Gasteiger partial charge is 0.346 e. The van der Waals surface area contributed by atoms with Gasteiger partial charge in [-0.3, -0.25) is 4.90 Å². The Balaban J connectivity index is 1.91.